The van der Waals surface area contributed by atoms with Gasteiger partial charge in [-0.25, -0.2) is 4.79 Å². The summed E-state index contributed by atoms with van der Waals surface area (Å²) in [6.07, 6.45) is 4.58. The zero-order valence-electron chi connectivity index (χ0n) is 17.1. The van der Waals surface area contributed by atoms with E-state index in [9.17, 15) is 9.59 Å². The molecule has 0 aliphatic rings. The Hall–Kier alpha value is -4.38. The van der Waals surface area contributed by atoms with Gasteiger partial charge in [-0.1, -0.05) is 78.9 Å². The molecule has 0 bridgehead atoms. The second-order valence-electron chi connectivity index (χ2n) is 7.42. The molecule has 32 heavy (non-hydrogen) atoms. The summed E-state index contributed by atoms with van der Waals surface area (Å²) in [5.41, 5.74) is 0.782. The van der Waals surface area contributed by atoms with E-state index in [1.165, 1.54) is 6.20 Å². The maximum atomic E-state index is 13.2. The lowest BCUT2D eigenvalue weighted by Gasteiger charge is -2.11. The fourth-order valence-corrected chi connectivity index (χ4v) is 3.79. The Kier molecular flexibility index (Phi) is 5.14. The number of hydrogen-bond acceptors (Lipinski definition) is 4. The normalized spacial score (nSPS) is 10.9. The van der Waals surface area contributed by atoms with Gasteiger partial charge >= 0.3 is 11.7 Å². The van der Waals surface area contributed by atoms with Crippen LogP contribution in [0.2, 0.25) is 0 Å². The minimum absolute atomic E-state index is 0.00719. The maximum absolute atomic E-state index is 13.2. The van der Waals surface area contributed by atoms with Crippen molar-refractivity contribution in [1.29, 1.82) is 0 Å². The molecule has 0 radical (unpaired) electrons. The minimum atomic E-state index is -0.569. The number of hydrogen-bond donors (Lipinski definition) is 0. The highest BCUT2D eigenvalue weighted by Crippen LogP contribution is 2.35. The van der Waals surface area contributed by atoms with Gasteiger partial charge in [0.15, 0.2) is 6.20 Å². The van der Waals surface area contributed by atoms with Gasteiger partial charge in [0.25, 0.3) is 0 Å². The van der Waals surface area contributed by atoms with Crippen LogP contribution in [0.25, 0.3) is 21.5 Å². The second kappa shape index (κ2) is 8.40. The standard InChI is InChI=1S/C27H19N2O3/c30-25(19-8-2-1-3-9-19)18-29-15-14-28-17-24(29)27(31)32-26-22-12-6-4-10-20(22)16-21-11-5-7-13-23(21)26/h1-17H,18H2/q+1. The molecule has 0 spiro atoms. The molecular formula is C27H19N2O3+. The van der Waals surface area contributed by atoms with Crippen molar-refractivity contribution < 1.29 is 18.9 Å². The van der Waals surface area contributed by atoms with Crippen LogP contribution >= 0.6 is 0 Å². The summed E-state index contributed by atoms with van der Waals surface area (Å²) >= 11 is 0. The third kappa shape index (κ3) is 3.72. The largest absolute Gasteiger partial charge is 0.417 e. The summed E-state index contributed by atoms with van der Waals surface area (Å²) in [5.74, 6) is -0.180. The molecule has 1 aromatic heterocycles. The van der Waals surface area contributed by atoms with Gasteiger partial charge < -0.3 is 4.74 Å². The second-order valence-corrected chi connectivity index (χ2v) is 7.42. The summed E-state index contributed by atoms with van der Waals surface area (Å²) in [4.78, 5) is 30.0. The molecule has 0 atom stereocenters. The van der Waals surface area contributed by atoms with Crippen LogP contribution in [0, 0.1) is 0 Å². The lowest BCUT2D eigenvalue weighted by molar-refractivity contribution is -0.686. The van der Waals surface area contributed by atoms with Crippen molar-refractivity contribution >= 4 is 33.3 Å². The highest BCUT2D eigenvalue weighted by molar-refractivity contribution is 6.07. The quantitative estimate of drug-likeness (QED) is 0.135. The predicted molar refractivity (Wildman–Crippen MR) is 122 cm³/mol. The van der Waals surface area contributed by atoms with E-state index in [0.717, 1.165) is 21.5 Å². The Morgan fingerprint density at radius 3 is 2.12 bits per heavy atom. The molecular weight excluding hydrogens is 400 g/mol. The van der Waals surface area contributed by atoms with E-state index in [0.29, 0.717) is 11.3 Å². The van der Waals surface area contributed by atoms with Crippen LogP contribution in [-0.4, -0.2) is 16.7 Å². The van der Waals surface area contributed by atoms with Gasteiger partial charge in [-0.2, -0.15) is 4.57 Å². The number of carbonyl (C=O) groups excluding carboxylic acids is 2. The lowest BCUT2D eigenvalue weighted by atomic mass is 10.0. The molecule has 5 nitrogen and oxygen atoms in total. The first-order valence-electron chi connectivity index (χ1n) is 10.2. The molecule has 5 heteroatoms. The molecule has 4 aromatic carbocycles. The monoisotopic (exact) mass is 419 g/mol. The van der Waals surface area contributed by atoms with Gasteiger partial charge in [0.1, 0.15) is 11.9 Å². The molecule has 0 unspecified atom stereocenters. The molecule has 154 valence electrons. The first-order valence-corrected chi connectivity index (χ1v) is 10.2. The van der Waals surface area contributed by atoms with Gasteiger partial charge in [0.05, 0.1) is 6.20 Å². The maximum Gasteiger partial charge on any atom is 0.410 e. The molecule has 0 aliphatic carbocycles. The van der Waals surface area contributed by atoms with Crippen molar-refractivity contribution in [2.24, 2.45) is 0 Å². The average Bonchev–Trinajstić information content (AvgIpc) is 2.84. The van der Waals surface area contributed by atoms with E-state index in [1.807, 2.05) is 66.7 Å². The fourth-order valence-electron chi connectivity index (χ4n) is 3.79. The van der Waals surface area contributed by atoms with E-state index in [2.05, 4.69) is 11.1 Å². The number of aromatic nitrogens is 2. The summed E-state index contributed by atoms with van der Waals surface area (Å²) < 4.78 is 7.51. The molecule has 0 N–H and O–H groups in total. The predicted octanol–water partition coefficient (Wildman–Crippen LogP) is 4.78. The van der Waals surface area contributed by atoms with Gasteiger partial charge in [0.2, 0.25) is 12.3 Å². The van der Waals surface area contributed by atoms with Crippen molar-refractivity contribution in [3.8, 4) is 5.75 Å². The number of fused-ring (bicyclic) bond motifs is 2. The molecule has 5 rings (SSSR count). The number of nitrogens with zero attached hydrogens (tertiary/aromatic N) is 2. The van der Waals surface area contributed by atoms with Crippen molar-refractivity contribution in [1.82, 2.24) is 4.98 Å². The van der Waals surface area contributed by atoms with Crippen molar-refractivity contribution in [3.05, 3.63) is 115 Å². The molecule has 5 aromatic rings. The number of ether oxygens (including phenoxy) is 1. The van der Waals surface area contributed by atoms with Gasteiger partial charge in [-0.3, -0.25) is 9.78 Å². The van der Waals surface area contributed by atoms with Crippen LogP contribution in [0.15, 0.2) is 104 Å². The van der Waals surface area contributed by atoms with E-state index >= 15 is 0 Å². The number of Topliss-reactive ketones (excluding diaryl/α,β-unsaturated/α-hetero) is 1. The van der Waals surface area contributed by atoms with Gasteiger partial charge in [-0.05, 0) is 16.8 Å². The highest BCUT2D eigenvalue weighted by Gasteiger charge is 2.25. The molecule has 0 fully saturated rings. The topological polar surface area (TPSA) is 60.1 Å². The van der Waals surface area contributed by atoms with E-state index in [1.54, 1.807) is 29.1 Å². The Balaban J connectivity index is 1.53. The number of benzene rings is 4. The molecule has 0 saturated heterocycles. The zero-order valence-corrected chi connectivity index (χ0v) is 17.1. The summed E-state index contributed by atoms with van der Waals surface area (Å²) in [5, 5.41) is 3.64. The van der Waals surface area contributed by atoms with Gasteiger partial charge in [-0.15, -0.1) is 0 Å². The summed E-state index contributed by atoms with van der Waals surface area (Å²) in [6, 6.07) is 26.6. The Bertz CT molecular complexity index is 1410. The first kappa shape index (κ1) is 19.6. The lowest BCUT2D eigenvalue weighted by Crippen LogP contribution is -2.44. The number of carbonyl (C=O) groups is 2. The number of rotatable bonds is 5. The molecule has 1 heterocycles. The van der Waals surface area contributed by atoms with E-state index < -0.39 is 5.97 Å². The van der Waals surface area contributed by atoms with Crippen LogP contribution in [0.1, 0.15) is 20.8 Å². The Morgan fingerprint density at radius 1 is 0.812 bits per heavy atom. The minimum Gasteiger partial charge on any atom is -0.417 e. The summed E-state index contributed by atoms with van der Waals surface area (Å²) in [6.45, 7) is 0.00719. The van der Waals surface area contributed by atoms with Crippen LogP contribution in [0.4, 0.5) is 0 Å². The van der Waals surface area contributed by atoms with E-state index in [-0.39, 0.29) is 18.0 Å². The van der Waals surface area contributed by atoms with Crippen LogP contribution in [0.5, 0.6) is 5.75 Å². The summed E-state index contributed by atoms with van der Waals surface area (Å²) in [7, 11) is 0. The number of ketones is 1. The zero-order chi connectivity index (χ0) is 21.9. The van der Waals surface area contributed by atoms with Crippen LogP contribution < -0.4 is 9.30 Å². The van der Waals surface area contributed by atoms with Crippen molar-refractivity contribution in [3.63, 3.8) is 0 Å². The number of esters is 1. The Labute approximate surface area is 184 Å². The molecule has 0 amide bonds. The van der Waals surface area contributed by atoms with Crippen LogP contribution in [-0.2, 0) is 6.54 Å². The van der Waals surface area contributed by atoms with E-state index in [4.69, 9.17) is 4.74 Å². The van der Waals surface area contributed by atoms with Crippen molar-refractivity contribution in [2.75, 3.05) is 0 Å². The Morgan fingerprint density at radius 2 is 1.44 bits per heavy atom. The first-order chi connectivity index (χ1) is 15.7. The highest BCUT2D eigenvalue weighted by atomic mass is 16.5. The fraction of sp³-hybridized carbons (Fsp3) is 0.0370. The third-order valence-electron chi connectivity index (χ3n) is 5.37. The average molecular weight is 419 g/mol. The molecule has 0 saturated carbocycles. The van der Waals surface area contributed by atoms with Crippen molar-refractivity contribution in [2.45, 2.75) is 6.54 Å². The third-order valence-corrected chi connectivity index (χ3v) is 5.37. The van der Waals surface area contributed by atoms with Gasteiger partial charge in [0, 0.05) is 16.3 Å². The smallest absolute Gasteiger partial charge is 0.410 e. The SMILES string of the molecule is O=C(C[n+]1ccncc1C(=O)Oc1c2ccccc2cc2ccccc12)c1ccccc1. The molecule has 0 aliphatic heterocycles. The van der Waals surface area contributed by atoms with Crippen LogP contribution in [0.3, 0.4) is 0 Å².